The Bertz CT molecular complexity index is 108. The normalized spacial score (nSPS) is 6.77. The van der Waals surface area contributed by atoms with Crippen molar-refractivity contribution in [2.24, 2.45) is 0 Å². The van der Waals surface area contributed by atoms with Crippen molar-refractivity contribution in [3.63, 3.8) is 0 Å². The predicted molar refractivity (Wildman–Crippen MR) is 42.7 cm³/mol. The summed E-state index contributed by atoms with van der Waals surface area (Å²) in [5, 5.41) is 30.1. The van der Waals surface area contributed by atoms with Crippen molar-refractivity contribution in [3.8, 4) is 0 Å². The Labute approximate surface area is 75.2 Å². The number of hydrogen-bond acceptors (Lipinski definition) is 5. The van der Waals surface area contributed by atoms with Crippen LogP contribution in [0, 0.1) is 0 Å². The fourth-order valence-electron chi connectivity index (χ4n) is 0.0747. The molecule has 80 valence electrons. The van der Waals surface area contributed by atoms with Crippen LogP contribution >= 0.6 is 0 Å². The van der Waals surface area contributed by atoms with Gasteiger partial charge in [-0.1, -0.05) is 0 Å². The zero-order chi connectivity index (χ0) is 11.3. The summed E-state index contributed by atoms with van der Waals surface area (Å²) in [6.45, 7) is 3.86. The van der Waals surface area contributed by atoms with Crippen LogP contribution in [0.5, 0.6) is 0 Å². The topological polar surface area (TPSA) is 124 Å². The van der Waals surface area contributed by atoms with E-state index in [0.29, 0.717) is 0 Å². The molecule has 0 aliphatic carbocycles. The van der Waals surface area contributed by atoms with Gasteiger partial charge >= 0.3 is 12.3 Å². The molecule has 0 aliphatic rings. The summed E-state index contributed by atoms with van der Waals surface area (Å²) < 4.78 is 3.08. The summed E-state index contributed by atoms with van der Waals surface area (Å²) in [6.07, 6.45) is -3.62. The molecule has 0 rings (SSSR count). The zero-order valence-corrected chi connectivity index (χ0v) is 7.43. The minimum Gasteiger partial charge on any atom is -0.449 e. The van der Waals surface area contributed by atoms with Crippen molar-refractivity contribution in [1.82, 2.24) is 0 Å². The smallest absolute Gasteiger partial charge is 0.449 e. The summed E-state index contributed by atoms with van der Waals surface area (Å²) in [5.74, 6) is 0. The fraction of sp³-hybridized carbons (Fsp3) is 0.667. The molecule has 13 heavy (non-hydrogen) atoms. The van der Waals surface area contributed by atoms with Gasteiger partial charge in [-0.25, -0.2) is 9.59 Å². The van der Waals surface area contributed by atoms with E-state index in [4.69, 9.17) is 20.4 Å². The average molecular weight is 198 g/mol. The highest BCUT2D eigenvalue weighted by Gasteiger charge is 2.01. The molecule has 7 nitrogen and oxygen atoms in total. The molecule has 0 unspecified atom stereocenters. The molecular weight excluding hydrogens is 184 g/mol. The van der Waals surface area contributed by atoms with Crippen LogP contribution in [-0.4, -0.2) is 46.0 Å². The van der Waals surface area contributed by atoms with Gasteiger partial charge in [-0.15, -0.1) is 0 Å². The summed E-state index contributed by atoms with van der Waals surface area (Å²) >= 11 is 0. The summed E-state index contributed by atoms with van der Waals surface area (Å²) in [6, 6.07) is 0. The lowest BCUT2D eigenvalue weighted by Gasteiger charge is -1.84. The molecule has 0 spiro atoms. The minimum absolute atomic E-state index is 0.250. The van der Waals surface area contributed by atoms with Crippen molar-refractivity contribution < 1.29 is 34.8 Å². The first kappa shape index (κ1) is 17.7. The molecule has 0 radical (unpaired) electrons. The quantitative estimate of drug-likeness (QED) is 0.327. The van der Waals surface area contributed by atoms with E-state index in [1.54, 1.807) is 13.8 Å². The van der Waals surface area contributed by atoms with Crippen molar-refractivity contribution in [2.45, 2.75) is 13.8 Å². The first-order valence-corrected chi connectivity index (χ1v) is 3.31. The van der Waals surface area contributed by atoms with Gasteiger partial charge in [-0.2, -0.15) is 0 Å². The molecule has 0 saturated heterocycles. The third-order valence-electron chi connectivity index (χ3n) is 0.175. The van der Waals surface area contributed by atoms with E-state index in [2.05, 4.69) is 4.74 Å². The molecule has 4 N–H and O–H groups in total. The van der Waals surface area contributed by atoms with Crippen LogP contribution in [0.3, 0.4) is 0 Å². The van der Waals surface area contributed by atoms with Gasteiger partial charge in [-0.3, -0.25) is 0 Å². The number of rotatable bonds is 0. The predicted octanol–water partition coefficient (Wildman–Crippen LogP) is 0.356. The number of hydrogen-bond donors (Lipinski definition) is 4. The Morgan fingerprint density at radius 1 is 1.00 bits per heavy atom. The van der Waals surface area contributed by atoms with Crippen molar-refractivity contribution in [2.75, 3.05) is 13.2 Å². The van der Waals surface area contributed by atoms with Gasteiger partial charge in [0.1, 0.15) is 0 Å². The maximum absolute atomic E-state index is 9.21. The largest absolute Gasteiger partial charge is 0.516 e. The lowest BCUT2D eigenvalue weighted by atomic mass is 10.9. The highest BCUT2D eigenvalue weighted by molar-refractivity contribution is 5.74. The number of carboxylic acid groups (broad SMARTS) is 2. The molecule has 0 aromatic rings. The molecule has 0 atom stereocenters. The lowest BCUT2D eigenvalue weighted by Crippen LogP contribution is -2.05. The minimum atomic E-state index is -1.81. The maximum atomic E-state index is 9.21. The highest BCUT2D eigenvalue weighted by atomic mass is 16.7. The van der Waals surface area contributed by atoms with Crippen LogP contribution in [-0.2, 0) is 4.74 Å². The molecule has 7 heteroatoms. The van der Waals surface area contributed by atoms with Gasteiger partial charge < -0.3 is 25.2 Å². The number of aliphatic hydroxyl groups excluding tert-OH is 2. The van der Waals surface area contributed by atoms with Gasteiger partial charge in [0, 0.05) is 13.2 Å². The Morgan fingerprint density at radius 2 is 1.15 bits per heavy atom. The van der Waals surface area contributed by atoms with Crippen molar-refractivity contribution in [3.05, 3.63) is 0 Å². The summed E-state index contributed by atoms with van der Waals surface area (Å²) in [7, 11) is 0. The molecule has 0 amide bonds. The van der Waals surface area contributed by atoms with Crippen molar-refractivity contribution >= 4 is 12.3 Å². The molecule has 0 aromatic heterocycles. The maximum Gasteiger partial charge on any atom is 0.516 e. The van der Waals surface area contributed by atoms with E-state index in [1.165, 1.54) is 0 Å². The first-order chi connectivity index (χ1) is 5.95. The third kappa shape index (κ3) is 113. The molecule has 0 heterocycles. The Hall–Kier alpha value is -1.34. The molecule has 0 aliphatic heterocycles. The average Bonchev–Trinajstić information content (AvgIpc) is 1.86. The van der Waals surface area contributed by atoms with Crippen LogP contribution in [0.4, 0.5) is 9.59 Å². The lowest BCUT2D eigenvalue weighted by molar-refractivity contribution is 0.0802. The van der Waals surface area contributed by atoms with E-state index < -0.39 is 12.3 Å². The van der Waals surface area contributed by atoms with Gasteiger partial charge in [0.05, 0.1) is 0 Å². The zero-order valence-electron chi connectivity index (χ0n) is 7.43. The van der Waals surface area contributed by atoms with E-state index in [9.17, 15) is 9.59 Å². The molecular formula is C6H14O7. The van der Waals surface area contributed by atoms with E-state index in [-0.39, 0.29) is 13.2 Å². The molecule has 0 aromatic carbocycles. The van der Waals surface area contributed by atoms with Gasteiger partial charge in [0.25, 0.3) is 0 Å². The van der Waals surface area contributed by atoms with E-state index in [0.717, 1.165) is 0 Å². The van der Waals surface area contributed by atoms with Crippen LogP contribution in [0.1, 0.15) is 13.8 Å². The Morgan fingerprint density at radius 3 is 1.15 bits per heavy atom. The second kappa shape index (κ2) is 17.0. The Balaban J connectivity index is -0.000000140. The van der Waals surface area contributed by atoms with Crippen LogP contribution in [0.2, 0.25) is 0 Å². The standard InChI is InChI=1S/C2H2O5.2C2H6O/c3-1(4)7-2(5)6;2*1-2-3/h(H,3,4)(H,5,6);2*3H,2H2,1H3. The first-order valence-electron chi connectivity index (χ1n) is 3.31. The second-order valence-electron chi connectivity index (χ2n) is 1.27. The number of aliphatic hydroxyl groups is 2. The molecule has 0 bridgehead atoms. The van der Waals surface area contributed by atoms with Gasteiger partial charge in [0.2, 0.25) is 0 Å². The van der Waals surface area contributed by atoms with E-state index in [1.807, 2.05) is 0 Å². The van der Waals surface area contributed by atoms with E-state index >= 15 is 0 Å². The number of ether oxygens (including phenoxy) is 1. The molecule has 0 fully saturated rings. The fourth-order valence-corrected chi connectivity index (χ4v) is 0.0747. The van der Waals surface area contributed by atoms with Crippen LogP contribution in [0.25, 0.3) is 0 Å². The SMILES string of the molecule is CCO.CCO.O=C(O)OC(=O)O. The summed E-state index contributed by atoms with van der Waals surface area (Å²) in [5.41, 5.74) is 0. The van der Waals surface area contributed by atoms with Crippen molar-refractivity contribution in [1.29, 1.82) is 0 Å². The third-order valence-corrected chi connectivity index (χ3v) is 0.175. The molecule has 0 saturated carbocycles. The van der Waals surface area contributed by atoms with Gasteiger partial charge in [-0.05, 0) is 13.8 Å². The van der Waals surface area contributed by atoms with Crippen LogP contribution in [0.15, 0.2) is 0 Å². The monoisotopic (exact) mass is 198 g/mol. The number of carbonyl (C=O) groups is 2. The highest BCUT2D eigenvalue weighted by Crippen LogP contribution is 1.73. The summed E-state index contributed by atoms with van der Waals surface area (Å²) in [4.78, 5) is 18.4. The van der Waals surface area contributed by atoms with Gasteiger partial charge in [0.15, 0.2) is 0 Å². The second-order valence-corrected chi connectivity index (χ2v) is 1.27. The van der Waals surface area contributed by atoms with Crippen LogP contribution < -0.4 is 0 Å². The Kier molecular flexibility index (Phi) is 23.0.